The lowest BCUT2D eigenvalue weighted by Gasteiger charge is -2.26. The van der Waals surface area contributed by atoms with Crippen LogP contribution in [0.3, 0.4) is 0 Å². The van der Waals surface area contributed by atoms with Gasteiger partial charge >= 0.3 is 0 Å². The number of carbonyl (C=O) groups is 2. The molecule has 156 valence electrons. The van der Waals surface area contributed by atoms with Crippen molar-refractivity contribution in [3.63, 3.8) is 0 Å². The van der Waals surface area contributed by atoms with E-state index in [-0.39, 0.29) is 22.8 Å². The van der Waals surface area contributed by atoms with Gasteiger partial charge in [0.05, 0.1) is 24.4 Å². The number of aliphatic hydroxyl groups is 1. The molecule has 0 aromatic heterocycles. The summed E-state index contributed by atoms with van der Waals surface area (Å²) in [5, 5.41) is 21.5. The van der Waals surface area contributed by atoms with E-state index in [2.05, 4.69) is 15.9 Å². The van der Waals surface area contributed by atoms with Gasteiger partial charge in [-0.3, -0.25) is 14.5 Å². The zero-order chi connectivity index (χ0) is 22.1. The lowest BCUT2D eigenvalue weighted by molar-refractivity contribution is -0.132. The van der Waals surface area contributed by atoms with Crippen LogP contribution in [0.2, 0.25) is 0 Å². The zero-order valence-electron chi connectivity index (χ0n) is 16.4. The predicted octanol–water partition coefficient (Wildman–Crippen LogP) is 4.79. The van der Waals surface area contributed by atoms with Gasteiger partial charge in [-0.2, -0.15) is 0 Å². The number of ketones is 1. The van der Waals surface area contributed by atoms with Gasteiger partial charge < -0.3 is 14.9 Å². The van der Waals surface area contributed by atoms with Gasteiger partial charge in [-0.15, -0.1) is 0 Å². The van der Waals surface area contributed by atoms with Crippen LogP contribution in [0.15, 0.2) is 82.8 Å². The summed E-state index contributed by atoms with van der Waals surface area (Å²) >= 11 is 3.34. The second-order valence-electron chi connectivity index (χ2n) is 6.94. The number of phenolic OH excluding ortho intramolecular Hbond substituents is 1. The number of ether oxygens (including phenoxy) is 1. The van der Waals surface area contributed by atoms with E-state index in [0.717, 1.165) is 4.47 Å². The monoisotopic (exact) mass is 479 g/mol. The second-order valence-corrected chi connectivity index (χ2v) is 7.86. The highest BCUT2D eigenvalue weighted by molar-refractivity contribution is 9.10. The topological polar surface area (TPSA) is 87.1 Å². The van der Waals surface area contributed by atoms with Crippen LogP contribution in [0.1, 0.15) is 17.2 Å². The van der Waals surface area contributed by atoms with E-state index in [1.807, 2.05) is 0 Å². The van der Waals surface area contributed by atoms with Crippen LogP contribution in [0.25, 0.3) is 5.76 Å². The molecular weight excluding hydrogens is 462 g/mol. The number of halogens is 1. The zero-order valence-corrected chi connectivity index (χ0v) is 18.0. The van der Waals surface area contributed by atoms with Crippen molar-refractivity contribution in [2.45, 2.75) is 6.04 Å². The minimum Gasteiger partial charge on any atom is -0.507 e. The van der Waals surface area contributed by atoms with E-state index in [4.69, 9.17) is 4.74 Å². The van der Waals surface area contributed by atoms with Gasteiger partial charge in [-0.05, 0) is 42.0 Å². The maximum Gasteiger partial charge on any atom is 0.300 e. The van der Waals surface area contributed by atoms with Crippen molar-refractivity contribution in [3.8, 4) is 11.5 Å². The number of methoxy groups -OCH3 is 1. The molecule has 2 N–H and O–H groups in total. The van der Waals surface area contributed by atoms with E-state index in [9.17, 15) is 19.8 Å². The van der Waals surface area contributed by atoms with Crippen molar-refractivity contribution < 1.29 is 24.5 Å². The van der Waals surface area contributed by atoms with Gasteiger partial charge in [0, 0.05) is 10.0 Å². The van der Waals surface area contributed by atoms with E-state index < -0.39 is 17.7 Å². The fourth-order valence-corrected chi connectivity index (χ4v) is 3.90. The molecule has 0 radical (unpaired) electrons. The summed E-state index contributed by atoms with van der Waals surface area (Å²) in [6.45, 7) is 0. The van der Waals surface area contributed by atoms with Crippen LogP contribution in [-0.2, 0) is 9.59 Å². The van der Waals surface area contributed by atoms with Crippen molar-refractivity contribution >= 4 is 39.1 Å². The van der Waals surface area contributed by atoms with Crippen molar-refractivity contribution in [1.82, 2.24) is 0 Å². The van der Waals surface area contributed by atoms with Crippen LogP contribution in [-0.4, -0.2) is 29.0 Å². The normalized spacial score (nSPS) is 17.7. The third kappa shape index (κ3) is 3.68. The van der Waals surface area contributed by atoms with Crippen LogP contribution in [0.4, 0.5) is 5.69 Å². The third-order valence-electron chi connectivity index (χ3n) is 5.11. The molecule has 1 fully saturated rings. The molecule has 0 aliphatic carbocycles. The maximum absolute atomic E-state index is 13.1. The third-order valence-corrected chi connectivity index (χ3v) is 5.64. The largest absolute Gasteiger partial charge is 0.507 e. The molecular formula is C24H18BrNO5. The molecule has 0 saturated carbocycles. The van der Waals surface area contributed by atoms with Crippen molar-refractivity contribution in [1.29, 1.82) is 0 Å². The Kier molecular flexibility index (Phi) is 5.52. The number of anilines is 1. The fourth-order valence-electron chi connectivity index (χ4n) is 3.64. The molecule has 1 atom stereocenters. The Balaban J connectivity index is 1.97. The summed E-state index contributed by atoms with van der Waals surface area (Å²) < 4.78 is 6.11. The average Bonchev–Trinajstić information content (AvgIpc) is 3.05. The number of carbonyl (C=O) groups excluding carboxylic acids is 2. The first-order valence-corrected chi connectivity index (χ1v) is 10.2. The molecule has 0 spiro atoms. The molecule has 1 aliphatic heterocycles. The van der Waals surface area contributed by atoms with Gasteiger partial charge in [0.15, 0.2) is 0 Å². The van der Waals surface area contributed by atoms with Crippen LogP contribution >= 0.6 is 15.9 Å². The predicted molar refractivity (Wildman–Crippen MR) is 120 cm³/mol. The van der Waals surface area contributed by atoms with Gasteiger partial charge in [0.25, 0.3) is 11.7 Å². The number of hydrogen-bond acceptors (Lipinski definition) is 5. The maximum atomic E-state index is 13.1. The molecule has 3 aromatic carbocycles. The fraction of sp³-hybridized carbons (Fsp3) is 0.0833. The first-order valence-electron chi connectivity index (χ1n) is 9.41. The minimum absolute atomic E-state index is 0.0659. The summed E-state index contributed by atoms with van der Waals surface area (Å²) in [6, 6.07) is 19.0. The van der Waals surface area contributed by atoms with Crippen molar-refractivity contribution in [3.05, 3.63) is 94.0 Å². The van der Waals surface area contributed by atoms with Crippen molar-refractivity contribution in [2.75, 3.05) is 12.0 Å². The molecule has 7 heteroatoms. The van der Waals surface area contributed by atoms with Gasteiger partial charge in [0.2, 0.25) is 0 Å². The molecule has 1 unspecified atom stereocenters. The van der Waals surface area contributed by atoms with Gasteiger partial charge in [0.1, 0.15) is 17.3 Å². The lowest BCUT2D eigenvalue weighted by atomic mass is 9.95. The number of aliphatic hydroxyl groups excluding tert-OH is 1. The Bertz CT molecular complexity index is 1200. The number of para-hydroxylation sites is 2. The number of amides is 1. The minimum atomic E-state index is -0.952. The number of Topliss-reactive ketones (excluding diaryl/α,β-unsaturated/α-hetero) is 1. The molecule has 31 heavy (non-hydrogen) atoms. The van der Waals surface area contributed by atoms with Crippen molar-refractivity contribution in [2.24, 2.45) is 0 Å². The highest BCUT2D eigenvalue weighted by Gasteiger charge is 2.47. The number of rotatable bonds is 4. The smallest absolute Gasteiger partial charge is 0.300 e. The Morgan fingerprint density at radius 2 is 1.71 bits per heavy atom. The molecule has 1 saturated heterocycles. The highest BCUT2D eigenvalue weighted by atomic mass is 79.9. The Morgan fingerprint density at radius 3 is 2.39 bits per heavy atom. The molecule has 1 aliphatic rings. The molecule has 3 aromatic rings. The molecule has 6 nitrogen and oxygen atoms in total. The summed E-state index contributed by atoms with van der Waals surface area (Å²) in [5.41, 5.74) is 1.06. The standard InChI is InChI=1S/C24H18BrNO5/c1-31-17-6-4-5-15(13-17)21-20(22(28)14-9-11-16(25)12-10-14)23(29)24(30)26(21)18-7-2-3-8-19(18)27/h2-13,21,27-28H,1H3/b22-20-. The molecule has 1 amide bonds. The summed E-state index contributed by atoms with van der Waals surface area (Å²) in [6.07, 6.45) is 0. The molecule has 4 rings (SSSR count). The van der Waals surface area contributed by atoms with E-state index in [1.165, 1.54) is 18.1 Å². The number of benzene rings is 3. The number of aromatic hydroxyl groups is 1. The van der Waals surface area contributed by atoms with E-state index in [0.29, 0.717) is 16.9 Å². The SMILES string of the molecule is COc1cccc(C2/C(=C(/O)c3ccc(Br)cc3)C(=O)C(=O)N2c2ccccc2O)c1. The Morgan fingerprint density at radius 1 is 1.00 bits per heavy atom. The number of hydrogen-bond donors (Lipinski definition) is 2. The van der Waals surface area contributed by atoms with E-state index >= 15 is 0 Å². The quantitative estimate of drug-likeness (QED) is 0.319. The van der Waals surface area contributed by atoms with E-state index in [1.54, 1.807) is 66.7 Å². The number of phenols is 1. The first-order chi connectivity index (χ1) is 14.9. The summed E-state index contributed by atoms with van der Waals surface area (Å²) in [4.78, 5) is 27.4. The molecule has 1 heterocycles. The number of nitrogens with zero attached hydrogens (tertiary/aromatic N) is 1. The molecule has 0 bridgehead atoms. The van der Waals surface area contributed by atoms with Crippen LogP contribution < -0.4 is 9.64 Å². The summed E-state index contributed by atoms with van der Waals surface area (Å²) in [7, 11) is 1.51. The Hall–Kier alpha value is -3.58. The lowest BCUT2D eigenvalue weighted by Crippen LogP contribution is -2.29. The van der Waals surface area contributed by atoms with Gasteiger partial charge in [-0.1, -0.05) is 52.3 Å². The van der Waals surface area contributed by atoms with Gasteiger partial charge in [-0.25, -0.2) is 0 Å². The Labute approximate surface area is 187 Å². The van der Waals surface area contributed by atoms with Crippen LogP contribution in [0, 0.1) is 0 Å². The van der Waals surface area contributed by atoms with Crippen LogP contribution in [0.5, 0.6) is 11.5 Å². The highest BCUT2D eigenvalue weighted by Crippen LogP contribution is 2.45. The average molecular weight is 480 g/mol. The second kappa shape index (κ2) is 8.28. The summed E-state index contributed by atoms with van der Waals surface area (Å²) in [5.74, 6) is -1.59. The first kappa shape index (κ1) is 20.7.